The average Bonchev–Trinajstić information content (AvgIpc) is 2.30. The zero-order valence-corrected chi connectivity index (χ0v) is 8.89. The minimum Gasteiger partial charge on any atom is -0.355 e. The smallest absolute Gasteiger partial charge is 0.151 e. The van der Waals surface area contributed by atoms with E-state index in [2.05, 4.69) is 15.1 Å². The summed E-state index contributed by atoms with van der Waals surface area (Å²) in [4.78, 5) is 12.8. The van der Waals surface area contributed by atoms with Gasteiger partial charge in [0.25, 0.3) is 0 Å². The molecule has 0 aromatic carbocycles. The van der Waals surface area contributed by atoms with Crippen LogP contribution >= 0.6 is 0 Å². The fourth-order valence-corrected chi connectivity index (χ4v) is 1.83. The molecule has 0 atom stereocenters. The lowest BCUT2D eigenvalue weighted by molar-refractivity contribution is -0.111. The normalized spacial score (nSPS) is 17.8. The number of carbonyl (C=O) groups is 1. The Morgan fingerprint density at radius 1 is 1.33 bits per heavy atom. The molecule has 0 amide bonds. The highest BCUT2D eigenvalue weighted by molar-refractivity contribution is 5.54. The molecule has 0 saturated carbocycles. The number of aldehydes is 1. The highest BCUT2D eigenvalue weighted by Gasteiger charge is 2.19. The Morgan fingerprint density at radius 2 is 2.07 bits per heavy atom. The van der Waals surface area contributed by atoms with Crippen LogP contribution in [0.5, 0.6) is 0 Å². The predicted molar refractivity (Wildman–Crippen MR) is 57.8 cm³/mol. The third-order valence-corrected chi connectivity index (χ3v) is 2.84. The van der Waals surface area contributed by atoms with Crippen molar-refractivity contribution in [1.82, 2.24) is 10.2 Å². The van der Waals surface area contributed by atoms with Gasteiger partial charge in [0.05, 0.1) is 5.69 Å². The van der Waals surface area contributed by atoms with Gasteiger partial charge in [0.2, 0.25) is 0 Å². The Morgan fingerprint density at radius 3 is 2.60 bits per heavy atom. The van der Waals surface area contributed by atoms with Crippen molar-refractivity contribution < 1.29 is 4.79 Å². The quantitative estimate of drug-likeness (QED) is 0.681. The highest BCUT2D eigenvalue weighted by atomic mass is 16.1. The Hall–Kier alpha value is -1.45. The van der Waals surface area contributed by atoms with E-state index in [9.17, 15) is 4.79 Å². The van der Waals surface area contributed by atoms with Crippen molar-refractivity contribution in [3.63, 3.8) is 0 Å². The number of anilines is 1. The van der Waals surface area contributed by atoms with Gasteiger partial charge in [-0.1, -0.05) is 0 Å². The fraction of sp³-hybridized carbons (Fsp3) is 0.545. The number of carbonyl (C=O) groups excluding carboxylic acids is 1. The lowest BCUT2D eigenvalue weighted by atomic mass is 9.99. The molecule has 1 aromatic rings. The molecule has 1 aromatic heterocycles. The van der Waals surface area contributed by atoms with E-state index >= 15 is 0 Å². The van der Waals surface area contributed by atoms with E-state index in [1.807, 2.05) is 19.1 Å². The molecule has 0 spiro atoms. The molecule has 15 heavy (non-hydrogen) atoms. The number of piperidine rings is 1. The molecule has 80 valence electrons. The van der Waals surface area contributed by atoms with E-state index in [0.717, 1.165) is 43.7 Å². The number of hydrogen-bond donors (Lipinski definition) is 0. The van der Waals surface area contributed by atoms with Crippen LogP contribution in [0.4, 0.5) is 5.82 Å². The molecule has 2 heterocycles. The Bertz CT molecular complexity index is 328. The second-order valence-corrected chi connectivity index (χ2v) is 3.99. The zero-order valence-electron chi connectivity index (χ0n) is 8.89. The lowest BCUT2D eigenvalue weighted by Gasteiger charge is -2.30. The number of aromatic nitrogens is 2. The molecular formula is C11H15N3O. The van der Waals surface area contributed by atoms with Crippen molar-refractivity contribution in [2.75, 3.05) is 18.0 Å². The molecular weight excluding hydrogens is 190 g/mol. The monoisotopic (exact) mass is 205 g/mol. The van der Waals surface area contributed by atoms with Crippen LogP contribution in [0, 0.1) is 12.8 Å². The summed E-state index contributed by atoms with van der Waals surface area (Å²) in [6.07, 6.45) is 2.93. The van der Waals surface area contributed by atoms with E-state index in [0.29, 0.717) is 0 Å². The molecule has 0 unspecified atom stereocenters. The van der Waals surface area contributed by atoms with E-state index in [1.54, 1.807) is 0 Å². The topological polar surface area (TPSA) is 46.1 Å². The summed E-state index contributed by atoms with van der Waals surface area (Å²) in [5.74, 6) is 1.16. The van der Waals surface area contributed by atoms with Gasteiger partial charge in [0.15, 0.2) is 5.82 Å². The summed E-state index contributed by atoms with van der Waals surface area (Å²) in [6.45, 7) is 3.73. The van der Waals surface area contributed by atoms with Crippen LogP contribution in [0.15, 0.2) is 12.1 Å². The van der Waals surface area contributed by atoms with Gasteiger partial charge in [0.1, 0.15) is 6.29 Å². The van der Waals surface area contributed by atoms with Gasteiger partial charge in [-0.15, -0.1) is 5.10 Å². The predicted octanol–water partition coefficient (Wildman–Crippen LogP) is 1.20. The maximum absolute atomic E-state index is 10.6. The first kappa shape index (κ1) is 10.1. The third-order valence-electron chi connectivity index (χ3n) is 2.84. The van der Waals surface area contributed by atoms with Gasteiger partial charge in [0, 0.05) is 19.0 Å². The fourth-order valence-electron chi connectivity index (χ4n) is 1.83. The zero-order chi connectivity index (χ0) is 10.7. The second kappa shape index (κ2) is 4.38. The number of rotatable bonds is 2. The van der Waals surface area contributed by atoms with Crippen LogP contribution in [0.25, 0.3) is 0 Å². The van der Waals surface area contributed by atoms with Crippen LogP contribution in [0.2, 0.25) is 0 Å². The maximum Gasteiger partial charge on any atom is 0.151 e. The van der Waals surface area contributed by atoms with E-state index in [1.165, 1.54) is 0 Å². The van der Waals surface area contributed by atoms with E-state index in [4.69, 9.17) is 0 Å². The molecule has 1 fully saturated rings. The molecule has 0 N–H and O–H groups in total. The second-order valence-electron chi connectivity index (χ2n) is 3.99. The van der Waals surface area contributed by atoms with Gasteiger partial charge in [-0.05, 0) is 31.9 Å². The van der Waals surface area contributed by atoms with Gasteiger partial charge >= 0.3 is 0 Å². The third kappa shape index (κ3) is 2.32. The Kier molecular flexibility index (Phi) is 2.94. The first-order valence-corrected chi connectivity index (χ1v) is 5.30. The van der Waals surface area contributed by atoms with Gasteiger partial charge in [-0.25, -0.2) is 0 Å². The minimum absolute atomic E-state index is 0.236. The Balaban J connectivity index is 2.01. The summed E-state index contributed by atoms with van der Waals surface area (Å²) in [5, 5.41) is 8.17. The molecule has 4 nitrogen and oxygen atoms in total. The molecule has 1 aliphatic rings. The molecule has 0 bridgehead atoms. The lowest BCUT2D eigenvalue weighted by Crippen LogP contribution is -2.34. The van der Waals surface area contributed by atoms with Crippen molar-refractivity contribution in [3.8, 4) is 0 Å². The molecule has 1 aliphatic heterocycles. The maximum atomic E-state index is 10.6. The van der Waals surface area contributed by atoms with Crippen molar-refractivity contribution in [2.24, 2.45) is 5.92 Å². The first-order valence-electron chi connectivity index (χ1n) is 5.30. The largest absolute Gasteiger partial charge is 0.355 e. The van der Waals surface area contributed by atoms with E-state index in [-0.39, 0.29) is 5.92 Å². The standard InChI is InChI=1S/C11H15N3O/c1-9-2-3-11(13-12-9)14-6-4-10(8-15)5-7-14/h2-3,8,10H,4-7H2,1H3. The van der Waals surface area contributed by atoms with Crippen LogP contribution in [-0.4, -0.2) is 29.6 Å². The first-order chi connectivity index (χ1) is 7.29. The molecule has 0 aliphatic carbocycles. The number of aryl methyl sites for hydroxylation is 1. The van der Waals surface area contributed by atoms with Gasteiger partial charge < -0.3 is 9.69 Å². The minimum atomic E-state index is 0.236. The highest BCUT2D eigenvalue weighted by Crippen LogP contribution is 2.19. The number of hydrogen-bond acceptors (Lipinski definition) is 4. The SMILES string of the molecule is Cc1ccc(N2CCC(C=O)CC2)nn1. The van der Waals surface area contributed by atoms with E-state index < -0.39 is 0 Å². The average molecular weight is 205 g/mol. The summed E-state index contributed by atoms with van der Waals surface area (Å²) in [5.41, 5.74) is 0.932. The molecule has 0 radical (unpaired) electrons. The molecule has 1 saturated heterocycles. The summed E-state index contributed by atoms with van der Waals surface area (Å²) >= 11 is 0. The van der Waals surface area contributed by atoms with Gasteiger partial charge in [-0.3, -0.25) is 0 Å². The molecule has 2 rings (SSSR count). The van der Waals surface area contributed by atoms with Crippen LogP contribution in [0.3, 0.4) is 0 Å². The van der Waals surface area contributed by atoms with Crippen molar-refractivity contribution >= 4 is 12.1 Å². The summed E-state index contributed by atoms with van der Waals surface area (Å²) < 4.78 is 0. The summed E-state index contributed by atoms with van der Waals surface area (Å²) in [6, 6.07) is 3.96. The van der Waals surface area contributed by atoms with Crippen LogP contribution < -0.4 is 4.90 Å². The number of nitrogens with zero attached hydrogens (tertiary/aromatic N) is 3. The van der Waals surface area contributed by atoms with Crippen molar-refractivity contribution in [1.29, 1.82) is 0 Å². The van der Waals surface area contributed by atoms with Gasteiger partial charge in [-0.2, -0.15) is 5.10 Å². The van der Waals surface area contributed by atoms with Crippen LogP contribution in [0.1, 0.15) is 18.5 Å². The van der Waals surface area contributed by atoms with Crippen molar-refractivity contribution in [3.05, 3.63) is 17.8 Å². The molecule has 4 heteroatoms. The Labute approximate surface area is 89.3 Å². The summed E-state index contributed by atoms with van der Waals surface area (Å²) in [7, 11) is 0. The van der Waals surface area contributed by atoms with Crippen LogP contribution in [-0.2, 0) is 4.79 Å². The van der Waals surface area contributed by atoms with Crippen molar-refractivity contribution in [2.45, 2.75) is 19.8 Å².